The monoisotopic (exact) mass is 192 g/mol. The second kappa shape index (κ2) is 3.02. The standard InChI is InChI=1S/C9H8N2O3/c1-5-2-3-14-7(5)8-10-4-6(11-8)9(12)13/h2-4H,1H3,(H,10,11)(H,12,13). The van der Waals surface area contributed by atoms with E-state index in [9.17, 15) is 4.79 Å². The van der Waals surface area contributed by atoms with Gasteiger partial charge in [0, 0.05) is 0 Å². The van der Waals surface area contributed by atoms with Crippen molar-refractivity contribution in [2.75, 3.05) is 0 Å². The number of aromatic nitrogens is 2. The summed E-state index contributed by atoms with van der Waals surface area (Å²) in [5.41, 5.74) is 0.965. The number of aromatic amines is 1. The van der Waals surface area contributed by atoms with Crippen molar-refractivity contribution in [3.05, 3.63) is 29.8 Å². The highest BCUT2D eigenvalue weighted by Crippen LogP contribution is 2.20. The summed E-state index contributed by atoms with van der Waals surface area (Å²) in [7, 11) is 0. The highest BCUT2D eigenvalue weighted by Gasteiger charge is 2.12. The van der Waals surface area contributed by atoms with Crippen molar-refractivity contribution in [1.29, 1.82) is 0 Å². The van der Waals surface area contributed by atoms with Crippen LogP contribution in [0.2, 0.25) is 0 Å². The molecule has 0 atom stereocenters. The Balaban J connectivity index is 2.43. The Morgan fingerprint density at radius 3 is 2.93 bits per heavy atom. The molecule has 0 amide bonds. The van der Waals surface area contributed by atoms with Gasteiger partial charge in [0.25, 0.3) is 0 Å². The van der Waals surface area contributed by atoms with Gasteiger partial charge in [-0.2, -0.15) is 0 Å². The minimum atomic E-state index is -1.03. The van der Waals surface area contributed by atoms with Gasteiger partial charge in [-0.05, 0) is 18.6 Å². The average molecular weight is 192 g/mol. The zero-order valence-corrected chi connectivity index (χ0v) is 7.44. The Bertz CT molecular complexity index is 470. The topological polar surface area (TPSA) is 79.1 Å². The van der Waals surface area contributed by atoms with E-state index >= 15 is 0 Å². The first kappa shape index (κ1) is 8.55. The lowest BCUT2D eigenvalue weighted by Crippen LogP contribution is -1.95. The number of rotatable bonds is 2. The molecule has 0 aliphatic rings. The molecule has 0 radical (unpaired) electrons. The highest BCUT2D eigenvalue weighted by molar-refractivity contribution is 5.85. The van der Waals surface area contributed by atoms with E-state index in [2.05, 4.69) is 9.97 Å². The molecule has 0 saturated carbocycles. The molecule has 2 heterocycles. The first-order valence-electron chi connectivity index (χ1n) is 4.01. The van der Waals surface area contributed by atoms with Crippen LogP contribution in [-0.4, -0.2) is 21.0 Å². The number of nitrogens with one attached hydrogen (secondary N) is 1. The van der Waals surface area contributed by atoms with Gasteiger partial charge in [0.05, 0.1) is 12.5 Å². The molecule has 2 aromatic heterocycles. The van der Waals surface area contributed by atoms with Crippen LogP contribution in [0.5, 0.6) is 0 Å². The van der Waals surface area contributed by atoms with Crippen LogP contribution in [0.15, 0.2) is 22.9 Å². The third-order valence-corrected chi connectivity index (χ3v) is 1.88. The first-order valence-corrected chi connectivity index (χ1v) is 4.01. The van der Waals surface area contributed by atoms with Crippen molar-refractivity contribution in [2.24, 2.45) is 0 Å². The molecule has 0 spiro atoms. The van der Waals surface area contributed by atoms with Crippen LogP contribution >= 0.6 is 0 Å². The Kier molecular flexibility index (Phi) is 1.85. The molecule has 0 bridgehead atoms. The fraction of sp³-hybridized carbons (Fsp3) is 0.111. The Labute approximate surface area is 79.4 Å². The van der Waals surface area contributed by atoms with Gasteiger partial charge in [-0.3, -0.25) is 0 Å². The van der Waals surface area contributed by atoms with Crippen LogP contribution < -0.4 is 0 Å². The smallest absolute Gasteiger partial charge is 0.353 e. The van der Waals surface area contributed by atoms with Crippen LogP contribution in [0.1, 0.15) is 16.1 Å². The second-order valence-corrected chi connectivity index (χ2v) is 2.88. The van der Waals surface area contributed by atoms with Gasteiger partial charge < -0.3 is 14.5 Å². The average Bonchev–Trinajstić information content (AvgIpc) is 2.71. The Morgan fingerprint density at radius 2 is 2.43 bits per heavy atom. The molecule has 0 unspecified atom stereocenters. The summed E-state index contributed by atoms with van der Waals surface area (Å²) in [5.74, 6) is -0.0321. The summed E-state index contributed by atoms with van der Waals surface area (Å²) < 4.78 is 5.16. The lowest BCUT2D eigenvalue weighted by molar-refractivity contribution is 0.0691. The van der Waals surface area contributed by atoms with E-state index in [1.54, 1.807) is 6.07 Å². The predicted molar refractivity (Wildman–Crippen MR) is 48.0 cm³/mol. The van der Waals surface area contributed by atoms with Gasteiger partial charge in [-0.25, -0.2) is 9.78 Å². The molecule has 0 aliphatic carbocycles. The molecule has 2 N–H and O–H groups in total. The highest BCUT2D eigenvalue weighted by atomic mass is 16.4. The molecule has 0 aromatic carbocycles. The fourth-order valence-electron chi connectivity index (χ4n) is 1.16. The van der Waals surface area contributed by atoms with Gasteiger partial charge in [-0.1, -0.05) is 0 Å². The van der Waals surface area contributed by atoms with E-state index in [0.29, 0.717) is 11.6 Å². The summed E-state index contributed by atoms with van der Waals surface area (Å²) in [6.07, 6.45) is 2.80. The molecule has 72 valence electrons. The number of aryl methyl sites for hydroxylation is 1. The summed E-state index contributed by atoms with van der Waals surface area (Å²) >= 11 is 0. The number of nitrogens with zero attached hydrogens (tertiary/aromatic N) is 1. The van der Waals surface area contributed by atoms with Gasteiger partial charge in [0.15, 0.2) is 11.6 Å². The van der Waals surface area contributed by atoms with Crippen molar-refractivity contribution in [3.63, 3.8) is 0 Å². The molecule has 5 nitrogen and oxygen atoms in total. The van der Waals surface area contributed by atoms with Crippen molar-refractivity contribution in [3.8, 4) is 11.6 Å². The predicted octanol–water partition coefficient (Wildman–Crippen LogP) is 1.68. The van der Waals surface area contributed by atoms with E-state index in [4.69, 9.17) is 9.52 Å². The zero-order chi connectivity index (χ0) is 10.1. The van der Waals surface area contributed by atoms with E-state index in [1.807, 2.05) is 6.92 Å². The van der Waals surface area contributed by atoms with Gasteiger partial charge in [0.2, 0.25) is 0 Å². The summed E-state index contributed by atoms with van der Waals surface area (Å²) in [6.45, 7) is 1.86. The summed E-state index contributed by atoms with van der Waals surface area (Å²) in [6, 6.07) is 1.79. The lowest BCUT2D eigenvalue weighted by atomic mass is 10.3. The number of aromatic carboxylic acids is 1. The van der Waals surface area contributed by atoms with E-state index in [1.165, 1.54) is 12.5 Å². The maximum absolute atomic E-state index is 10.6. The molecule has 0 saturated heterocycles. The largest absolute Gasteiger partial charge is 0.477 e. The van der Waals surface area contributed by atoms with Crippen LogP contribution in [0.3, 0.4) is 0 Å². The fourth-order valence-corrected chi connectivity index (χ4v) is 1.16. The zero-order valence-electron chi connectivity index (χ0n) is 7.44. The third-order valence-electron chi connectivity index (χ3n) is 1.88. The maximum Gasteiger partial charge on any atom is 0.353 e. The number of hydrogen-bond acceptors (Lipinski definition) is 3. The van der Waals surface area contributed by atoms with Crippen molar-refractivity contribution in [1.82, 2.24) is 9.97 Å². The molecule has 0 fully saturated rings. The van der Waals surface area contributed by atoms with Crippen molar-refractivity contribution < 1.29 is 14.3 Å². The molecule has 0 aliphatic heterocycles. The first-order chi connectivity index (χ1) is 6.68. The van der Waals surface area contributed by atoms with Crippen LogP contribution in [0, 0.1) is 6.92 Å². The lowest BCUT2D eigenvalue weighted by Gasteiger charge is -1.91. The minimum Gasteiger partial charge on any atom is -0.477 e. The number of imidazole rings is 1. The number of H-pyrrole nitrogens is 1. The normalized spacial score (nSPS) is 10.4. The van der Waals surface area contributed by atoms with Gasteiger partial charge in [-0.15, -0.1) is 0 Å². The van der Waals surface area contributed by atoms with Crippen LogP contribution in [0.25, 0.3) is 11.6 Å². The molecular weight excluding hydrogens is 184 g/mol. The number of carboxylic acid groups (broad SMARTS) is 1. The van der Waals surface area contributed by atoms with E-state index in [0.717, 1.165) is 5.56 Å². The van der Waals surface area contributed by atoms with Gasteiger partial charge in [0.1, 0.15) is 5.69 Å². The molecule has 2 rings (SSSR count). The SMILES string of the molecule is Cc1ccoc1-c1ncc(C(=O)O)[nH]1. The van der Waals surface area contributed by atoms with Crippen LogP contribution in [0.4, 0.5) is 0 Å². The number of carbonyl (C=O) groups is 1. The number of hydrogen-bond donors (Lipinski definition) is 2. The molecule has 2 aromatic rings. The minimum absolute atomic E-state index is 0.0517. The van der Waals surface area contributed by atoms with E-state index in [-0.39, 0.29) is 5.69 Å². The number of carboxylic acids is 1. The van der Waals surface area contributed by atoms with Crippen LogP contribution in [-0.2, 0) is 0 Å². The Morgan fingerprint density at radius 1 is 1.64 bits per heavy atom. The molecular formula is C9H8N2O3. The molecule has 5 heteroatoms. The second-order valence-electron chi connectivity index (χ2n) is 2.88. The van der Waals surface area contributed by atoms with E-state index < -0.39 is 5.97 Å². The third kappa shape index (κ3) is 1.28. The quantitative estimate of drug-likeness (QED) is 0.758. The van der Waals surface area contributed by atoms with Gasteiger partial charge >= 0.3 is 5.97 Å². The van der Waals surface area contributed by atoms with Crippen molar-refractivity contribution >= 4 is 5.97 Å². The number of furan rings is 1. The summed E-state index contributed by atoms with van der Waals surface area (Å²) in [5, 5.41) is 8.66. The maximum atomic E-state index is 10.6. The summed E-state index contributed by atoms with van der Waals surface area (Å²) in [4.78, 5) is 17.1. The molecule has 14 heavy (non-hydrogen) atoms. The van der Waals surface area contributed by atoms with Crippen molar-refractivity contribution in [2.45, 2.75) is 6.92 Å². The Hall–Kier alpha value is -2.04.